The van der Waals surface area contributed by atoms with Crippen LogP contribution in [0.5, 0.6) is 0 Å². The van der Waals surface area contributed by atoms with Crippen molar-refractivity contribution in [2.75, 3.05) is 4.90 Å². The van der Waals surface area contributed by atoms with Crippen LogP contribution in [0.2, 0.25) is 5.02 Å². The number of benzene rings is 2. The summed E-state index contributed by atoms with van der Waals surface area (Å²) in [4.78, 5) is 26.6. The molecule has 1 aromatic heterocycles. The van der Waals surface area contributed by atoms with E-state index < -0.39 is 0 Å². The molecule has 0 atom stereocenters. The first-order valence-electron chi connectivity index (χ1n) is 7.33. The SMILES string of the molecule is Cn1cc(N2C(=O)c3ccccc3C2=O)c(-c2ccc(Cl)cc2)n1. The molecule has 0 bridgehead atoms. The van der Waals surface area contributed by atoms with Crippen molar-refractivity contribution < 1.29 is 9.59 Å². The molecular weight excluding hydrogens is 326 g/mol. The van der Waals surface area contributed by atoms with Crippen molar-refractivity contribution >= 4 is 29.1 Å². The van der Waals surface area contributed by atoms with E-state index in [9.17, 15) is 9.59 Å². The van der Waals surface area contributed by atoms with Crippen molar-refractivity contribution in [2.24, 2.45) is 7.05 Å². The van der Waals surface area contributed by atoms with Crippen LogP contribution in [-0.4, -0.2) is 21.6 Å². The highest BCUT2D eigenvalue weighted by Crippen LogP contribution is 2.35. The largest absolute Gasteiger partial charge is 0.273 e. The quantitative estimate of drug-likeness (QED) is 0.672. The molecular formula is C18H12ClN3O2. The molecule has 0 unspecified atom stereocenters. The van der Waals surface area contributed by atoms with E-state index in [1.807, 2.05) is 12.1 Å². The van der Waals surface area contributed by atoms with Gasteiger partial charge < -0.3 is 0 Å². The Morgan fingerprint density at radius 2 is 1.50 bits per heavy atom. The predicted octanol–water partition coefficient (Wildman–Crippen LogP) is 3.54. The molecule has 0 saturated carbocycles. The molecule has 0 N–H and O–H groups in total. The zero-order valence-electron chi connectivity index (χ0n) is 12.7. The van der Waals surface area contributed by atoms with Crippen molar-refractivity contribution in [3.63, 3.8) is 0 Å². The van der Waals surface area contributed by atoms with Gasteiger partial charge in [0.05, 0.1) is 16.8 Å². The molecule has 6 heteroatoms. The van der Waals surface area contributed by atoms with Crippen LogP contribution in [0, 0.1) is 0 Å². The number of rotatable bonds is 2. The first-order valence-corrected chi connectivity index (χ1v) is 7.71. The standard InChI is InChI=1S/C18H12ClN3O2/c1-21-10-15(16(20-21)11-6-8-12(19)9-7-11)22-17(23)13-4-2-3-5-14(13)18(22)24/h2-10H,1H3. The minimum atomic E-state index is -0.334. The lowest BCUT2D eigenvalue weighted by molar-refractivity contribution is 0.0926. The molecule has 24 heavy (non-hydrogen) atoms. The third-order valence-corrected chi connectivity index (χ3v) is 4.21. The number of hydrogen-bond donors (Lipinski definition) is 0. The molecule has 5 nitrogen and oxygen atoms in total. The molecule has 2 heterocycles. The number of hydrogen-bond acceptors (Lipinski definition) is 3. The average molecular weight is 338 g/mol. The van der Waals surface area contributed by atoms with Gasteiger partial charge in [0.2, 0.25) is 0 Å². The predicted molar refractivity (Wildman–Crippen MR) is 91.2 cm³/mol. The fraction of sp³-hybridized carbons (Fsp3) is 0.0556. The zero-order valence-corrected chi connectivity index (χ0v) is 13.5. The summed E-state index contributed by atoms with van der Waals surface area (Å²) in [6.07, 6.45) is 1.67. The Labute approximate surface area is 143 Å². The van der Waals surface area contributed by atoms with E-state index in [0.717, 1.165) is 5.56 Å². The van der Waals surface area contributed by atoms with Crippen LogP contribution in [0.4, 0.5) is 5.69 Å². The first kappa shape index (κ1) is 14.7. The van der Waals surface area contributed by atoms with Gasteiger partial charge in [0.25, 0.3) is 11.8 Å². The molecule has 4 rings (SSSR count). The number of carbonyl (C=O) groups excluding carboxylic acids is 2. The maximum absolute atomic E-state index is 12.7. The molecule has 0 radical (unpaired) electrons. The lowest BCUT2D eigenvalue weighted by Crippen LogP contribution is -2.29. The molecule has 3 aromatic rings. The van der Waals surface area contributed by atoms with Gasteiger partial charge in [-0.25, -0.2) is 4.90 Å². The van der Waals surface area contributed by atoms with E-state index in [-0.39, 0.29) is 11.8 Å². The third-order valence-electron chi connectivity index (χ3n) is 3.96. The normalized spacial score (nSPS) is 13.5. The lowest BCUT2D eigenvalue weighted by Gasteiger charge is -2.13. The van der Waals surface area contributed by atoms with Crippen molar-refractivity contribution in [1.29, 1.82) is 0 Å². The smallest absolute Gasteiger partial charge is 0.266 e. The highest BCUT2D eigenvalue weighted by molar-refractivity contribution is 6.35. The number of amides is 2. The Hall–Kier alpha value is -2.92. The highest BCUT2D eigenvalue weighted by Gasteiger charge is 2.38. The van der Waals surface area contributed by atoms with E-state index in [2.05, 4.69) is 5.10 Å². The fourth-order valence-electron chi connectivity index (χ4n) is 2.86. The molecule has 0 spiro atoms. The number of halogens is 1. The summed E-state index contributed by atoms with van der Waals surface area (Å²) in [5.74, 6) is -0.669. The molecule has 0 saturated heterocycles. The van der Waals surface area contributed by atoms with Crippen LogP contribution in [0.15, 0.2) is 54.7 Å². The number of imide groups is 1. The number of nitrogens with zero attached hydrogens (tertiary/aromatic N) is 3. The van der Waals surface area contributed by atoms with Gasteiger partial charge in [0.15, 0.2) is 0 Å². The molecule has 0 fully saturated rings. The second-order valence-electron chi connectivity index (χ2n) is 5.53. The van der Waals surface area contributed by atoms with Gasteiger partial charge in [-0.3, -0.25) is 14.3 Å². The van der Waals surface area contributed by atoms with Crippen LogP contribution in [0.3, 0.4) is 0 Å². The van der Waals surface area contributed by atoms with Gasteiger partial charge in [0.1, 0.15) is 5.69 Å². The van der Waals surface area contributed by atoms with E-state index in [4.69, 9.17) is 11.6 Å². The van der Waals surface area contributed by atoms with Crippen LogP contribution in [0.1, 0.15) is 20.7 Å². The molecule has 0 aliphatic carbocycles. The Kier molecular flexibility index (Phi) is 3.25. The van der Waals surface area contributed by atoms with Crippen molar-refractivity contribution in [2.45, 2.75) is 0 Å². The Balaban J connectivity index is 1.86. The Morgan fingerprint density at radius 3 is 2.08 bits per heavy atom. The average Bonchev–Trinajstić information content (AvgIpc) is 3.07. The maximum atomic E-state index is 12.7. The lowest BCUT2D eigenvalue weighted by atomic mass is 10.1. The van der Waals surface area contributed by atoms with Crippen LogP contribution in [0.25, 0.3) is 11.3 Å². The number of aromatic nitrogens is 2. The number of carbonyl (C=O) groups is 2. The first-order chi connectivity index (χ1) is 11.6. The third kappa shape index (κ3) is 2.13. The van der Waals surface area contributed by atoms with Gasteiger partial charge in [-0.2, -0.15) is 5.10 Å². The van der Waals surface area contributed by atoms with E-state index in [1.165, 1.54) is 4.90 Å². The summed E-state index contributed by atoms with van der Waals surface area (Å²) in [6, 6.07) is 13.9. The van der Waals surface area contributed by atoms with Crippen molar-refractivity contribution in [3.05, 3.63) is 70.9 Å². The minimum absolute atomic E-state index is 0.334. The molecule has 118 valence electrons. The summed E-state index contributed by atoms with van der Waals surface area (Å²) in [5.41, 5.74) is 2.63. The van der Waals surface area contributed by atoms with Crippen molar-refractivity contribution in [1.82, 2.24) is 9.78 Å². The molecule has 2 amide bonds. The van der Waals surface area contributed by atoms with Gasteiger partial charge in [-0.1, -0.05) is 35.9 Å². The van der Waals surface area contributed by atoms with Crippen LogP contribution < -0.4 is 4.90 Å². The second-order valence-corrected chi connectivity index (χ2v) is 5.97. The van der Waals surface area contributed by atoms with Gasteiger partial charge in [0, 0.05) is 23.8 Å². The number of anilines is 1. The molecule has 1 aliphatic heterocycles. The maximum Gasteiger partial charge on any atom is 0.266 e. The Bertz CT molecular complexity index is 941. The summed E-state index contributed by atoms with van der Waals surface area (Å²) in [6.45, 7) is 0. The fourth-order valence-corrected chi connectivity index (χ4v) is 2.99. The summed E-state index contributed by atoms with van der Waals surface area (Å²) in [5, 5.41) is 5.02. The van der Waals surface area contributed by atoms with Gasteiger partial charge in [-0.15, -0.1) is 0 Å². The number of fused-ring (bicyclic) bond motifs is 1. The van der Waals surface area contributed by atoms with E-state index in [0.29, 0.717) is 27.5 Å². The summed E-state index contributed by atoms with van der Waals surface area (Å²) >= 11 is 5.93. The topological polar surface area (TPSA) is 55.2 Å². The summed E-state index contributed by atoms with van der Waals surface area (Å²) in [7, 11) is 1.75. The van der Waals surface area contributed by atoms with Crippen molar-refractivity contribution in [3.8, 4) is 11.3 Å². The van der Waals surface area contributed by atoms with Crippen LogP contribution in [-0.2, 0) is 7.05 Å². The van der Waals surface area contributed by atoms with E-state index >= 15 is 0 Å². The molecule has 1 aliphatic rings. The molecule has 2 aromatic carbocycles. The Morgan fingerprint density at radius 1 is 0.917 bits per heavy atom. The zero-order chi connectivity index (χ0) is 16.8. The van der Waals surface area contributed by atoms with Gasteiger partial charge >= 0.3 is 0 Å². The monoisotopic (exact) mass is 337 g/mol. The second kappa shape index (κ2) is 5.32. The van der Waals surface area contributed by atoms with E-state index in [1.54, 1.807) is 54.3 Å². The van der Waals surface area contributed by atoms with Gasteiger partial charge in [-0.05, 0) is 24.3 Å². The minimum Gasteiger partial charge on any atom is -0.273 e. The van der Waals surface area contributed by atoms with Crippen LogP contribution >= 0.6 is 11.6 Å². The number of aryl methyl sites for hydroxylation is 1. The summed E-state index contributed by atoms with van der Waals surface area (Å²) < 4.78 is 1.59. The highest BCUT2D eigenvalue weighted by atomic mass is 35.5.